The first-order valence-electron chi connectivity index (χ1n) is 6.38. The Morgan fingerprint density at radius 1 is 1.05 bits per heavy atom. The summed E-state index contributed by atoms with van der Waals surface area (Å²) < 4.78 is 10.3. The van der Waals surface area contributed by atoms with Gasteiger partial charge < -0.3 is 14.6 Å². The number of methoxy groups -OCH3 is 2. The molecule has 108 valence electrons. The van der Waals surface area contributed by atoms with Crippen LogP contribution in [0.5, 0.6) is 17.2 Å². The second kappa shape index (κ2) is 6.61. The number of hydrogen-bond acceptors (Lipinski definition) is 4. The number of carbonyl (C=O) groups is 1. The Morgan fingerprint density at radius 3 is 2.14 bits per heavy atom. The fourth-order valence-electron chi connectivity index (χ4n) is 1.96. The number of aromatic hydroxyl groups is 1. The van der Waals surface area contributed by atoms with Crippen molar-refractivity contribution in [2.45, 2.75) is 0 Å². The third-order valence-electron chi connectivity index (χ3n) is 2.96. The van der Waals surface area contributed by atoms with Crippen LogP contribution in [0.2, 0.25) is 0 Å². The van der Waals surface area contributed by atoms with Crippen LogP contribution in [0.15, 0.2) is 48.5 Å². The van der Waals surface area contributed by atoms with Crippen LogP contribution >= 0.6 is 0 Å². The molecule has 2 aromatic rings. The molecule has 0 aromatic heterocycles. The van der Waals surface area contributed by atoms with Crippen LogP contribution in [0.3, 0.4) is 0 Å². The third kappa shape index (κ3) is 3.42. The molecule has 0 amide bonds. The van der Waals surface area contributed by atoms with Gasteiger partial charge in [0.05, 0.1) is 14.2 Å². The van der Waals surface area contributed by atoms with E-state index >= 15 is 0 Å². The van der Waals surface area contributed by atoms with Crippen molar-refractivity contribution in [3.8, 4) is 17.2 Å². The van der Waals surface area contributed by atoms with Gasteiger partial charge in [0.15, 0.2) is 5.78 Å². The van der Waals surface area contributed by atoms with E-state index in [1.165, 1.54) is 32.4 Å². The zero-order valence-corrected chi connectivity index (χ0v) is 11.9. The van der Waals surface area contributed by atoms with Crippen molar-refractivity contribution in [1.29, 1.82) is 0 Å². The highest BCUT2D eigenvalue weighted by atomic mass is 16.5. The molecule has 0 aliphatic carbocycles. The summed E-state index contributed by atoms with van der Waals surface area (Å²) in [6, 6.07) is 12.3. The zero-order valence-electron chi connectivity index (χ0n) is 11.9. The molecule has 21 heavy (non-hydrogen) atoms. The highest BCUT2D eigenvalue weighted by Gasteiger charge is 2.17. The van der Waals surface area contributed by atoms with E-state index in [1.807, 2.05) is 30.3 Å². The summed E-state index contributed by atoms with van der Waals surface area (Å²) in [5, 5.41) is 9.58. The van der Waals surface area contributed by atoms with Gasteiger partial charge in [-0.25, -0.2) is 0 Å². The second-order valence-electron chi connectivity index (χ2n) is 4.33. The predicted molar refractivity (Wildman–Crippen MR) is 81.0 cm³/mol. The van der Waals surface area contributed by atoms with E-state index in [1.54, 1.807) is 6.08 Å². The van der Waals surface area contributed by atoms with E-state index in [0.717, 1.165) is 5.56 Å². The minimum atomic E-state index is -0.257. The summed E-state index contributed by atoms with van der Waals surface area (Å²) in [5.74, 6) is 0.268. The molecule has 2 rings (SSSR count). The van der Waals surface area contributed by atoms with Gasteiger partial charge in [0.25, 0.3) is 0 Å². The molecule has 0 atom stereocenters. The van der Waals surface area contributed by atoms with Gasteiger partial charge in [0.1, 0.15) is 22.8 Å². The largest absolute Gasteiger partial charge is 0.508 e. The number of ketones is 1. The Hall–Kier alpha value is -2.75. The van der Waals surface area contributed by atoms with Crippen LogP contribution in [-0.4, -0.2) is 25.1 Å². The van der Waals surface area contributed by atoms with E-state index in [-0.39, 0.29) is 28.6 Å². The van der Waals surface area contributed by atoms with Crippen molar-refractivity contribution in [3.63, 3.8) is 0 Å². The lowest BCUT2D eigenvalue weighted by molar-refractivity contribution is 0.104. The highest BCUT2D eigenvalue weighted by molar-refractivity contribution is 6.10. The summed E-state index contributed by atoms with van der Waals surface area (Å²) in [6.45, 7) is 0. The fourth-order valence-corrected chi connectivity index (χ4v) is 1.96. The predicted octanol–water partition coefficient (Wildman–Crippen LogP) is 3.31. The smallest absolute Gasteiger partial charge is 0.193 e. The Bertz CT molecular complexity index is 635. The first-order chi connectivity index (χ1) is 10.2. The monoisotopic (exact) mass is 284 g/mol. The van der Waals surface area contributed by atoms with E-state index in [9.17, 15) is 9.90 Å². The van der Waals surface area contributed by atoms with Gasteiger partial charge in [0, 0.05) is 12.1 Å². The first kappa shape index (κ1) is 14.7. The van der Waals surface area contributed by atoms with Crippen molar-refractivity contribution >= 4 is 11.9 Å². The van der Waals surface area contributed by atoms with E-state index in [0.29, 0.717) is 0 Å². The molecular formula is C17H16O4. The molecule has 0 saturated carbocycles. The van der Waals surface area contributed by atoms with Crippen LogP contribution in [0, 0.1) is 0 Å². The van der Waals surface area contributed by atoms with Crippen LogP contribution < -0.4 is 9.47 Å². The standard InChI is InChI=1S/C17H16O4/c1-20-15-10-13(18)11-16(21-2)17(15)14(19)9-8-12-6-4-3-5-7-12/h3-11,18H,1-2H3. The summed E-state index contributed by atoms with van der Waals surface area (Å²) in [4.78, 5) is 12.4. The van der Waals surface area contributed by atoms with Gasteiger partial charge in [-0.1, -0.05) is 36.4 Å². The van der Waals surface area contributed by atoms with Gasteiger partial charge in [-0.15, -0.1) is 0 Å². The van der Waals surface area contributed by atoms with E-state index in [2.05, 4.69) is 0 Å². The van der Waals surface area contributed by atoms with Crippen molar-refractivity contribution in [1.82, 2.24) is 0 Å². The van der Waals surface area contributed by atoms with Crippen molar-refractivity contribution in [2.24, 2.45) is 0 Å². The first-order valence-corrected chi connectivity index (χ1v) is 6.38. The van der Waals surface area contributed by atoms with Crippen LogP contribution in [0.1, 0.15) is 15.9 Å². The SMILES string of the molecule is COc1cc(O)cc(OC)c1C(=O)C=Cc1ccccc1. The Kier molecular flexibility index (Phi) is 4.61. The van der Waals surface area contributed by atoms with Crippen molar-refractivity contribution in [2.75, 3.05) is 14.2 Å². The molecule has 0 aliphatic heterocycles. The second-order valence-corrected chi connectivity index (χ2v) is 4.33. The van der Waals surface area contributed by atoms with Gasteiger partial charge in [0.2, 0.25) is 0 Å². The fraction of sp³-hybridized carbons (Fsp3) is 0.118. The van der Waals surface area contributed by atoms with Crippen molar-refractivity contribution in [3.05, 3.63) is 59.7 Å². The number of hydrogen-bond donors (Lipinski definition) is 1. The van der Waals surface area contributed by atoms with Crippen LogP contribution in [-0.2, 0) is 0 Å². The summed E-state index contributed by atoms with van der Waals surface area (Å²) in [6.07, 6.45) is 3.17. The summed E-state index contributed by atoms with van der Waals surface area (Å²) >= 11 is 0. The number of phenols is 1. The molecule has 0 heterocycles. The topological polar surface area (TPSA) is 55.8 Å². The van der Waals surface area contributed by atoms with Crippen LogP contribution in [0.25, 0.3) is 6.08 Å². The summed E-state index contributed by atoms with van der Waals surface area (Å²) in [7, 11) is 2.87. The highest BCUT2D eigenvalue weighted by Crippen LogP contribution is 2.34. The number of phenolic OH excluding ortho intramolecular Hbond substituents is 1. The number of rotatable bonds is 5. The minimum absolute atomic E-state index is 0.0210. The molecule has 0 fully saturated rings. The molecule has 0 bridgehead atoms. The molecular weight excluding hydrogens is 268 g/mol. The van der Waals surface area contributed by atoms with Gasteiger partial charge >= 0.3 is 0 Å². The van der Waals surface area contributed by atoms with Crippen LogP contribution in [0.4, 0.5) is 0 Å². The number of benzene rings is 2. The quantitative estimate of drug-likeness (QED) is 0.676. The van der Waals surface area contributed by atoms with E-state index < -0.39 is 0 Å². The molecule has 4 heteroatoms. The van der Waals surface area contributed by atoms with Gasteiger partial charge in [-0.05, 0) is 11.6 Å². The van der Waals surface area contributed by atoms with E-state index in [4.69, 9.17) is 9.47 Å². The molecule has 0 unspecified atom stereocenters. The van der Waals surface area contributed by atoms with Gasteiger partial charge in [-0.3, -0.25) is 4.79 Å². The zero-order chi connectivity index (χ0) is 15.2. The molecule has 1 N–H and O–H groups in total. The molecule has 0 radical (unpaired) electrons. The van der Waals surface area contributed by atoms with Gasteiger partial charge in [-0.2, -0.15) is 0 Å². The lowest BCUT2D eigenvalue weighted by atomic mass is 10.1. The average molecular weight is 284 g/mol. The number of allylic oxidation sites excluding steroid dienone is 1. The molecule has 0 saturated heterocycles. The number of ether oxygens (including phenoxy) is 2. The molecule has 4 nitrogen and oxygen atoms in total. The third-order valence-corrected chi connectivity index (χ3v) is 2.96. The normalized spacial score (nSPS) is 10.6. The molecule has 0 aliphatic rings. The molecule has 0 spiro atoms. The lowest BCUT2D eigenvalue weighted by Crippen LogP contribution is -2.02. The minimum Gasteiger partial charge on any atom is -0.508 e. The Labute approximate surface area is 123 Å². The maximum absolute atomic E-state index is 12.4. The number of carbonyl (C=O) groups excluding carboxylic acids is 1. The van der Waals surface area contributed by atoms with Crippen molar-refractivity contribution < 1.29 is 19.4 Å². The maximum Gasteiger partial charge on any atom is 0.193 e. The Morgan fingerprint density at radius 2 is 1.62 bits per heavy atom. The average Bonchev–Trinajstić information content (AvgIpc) is 2.52. The summed E-state index contributed by atoms with van der Waals surface area (Å²) in [5.41, 5.74) is 1.20. The lowest BCUT2D eigenvalue weighted by Gasteiger charge is -2.11. The maximum atomic E-state index is 12.4. The Balaban J connectivity index is 2.37. The molecule has 2 aromatic carbocycles.